The summed E-state index contributed by atoms with van der Waals surface area (Å²) in [5.74, 6) is -0.145. The summed E-state index contributed by atoms with van der Waals surface area (Å²) in [7, 11) is -1.33. The van der Waals surface area contributed by atoms with Crippen molar-refractivity contribution < 1.29 is 18.1 Å². The zero-order valence-electron chi connectivity index (χ0n) is 15.1. The van der Waals surface area contributed by atoms with Crippen molar-refractivity contribution in [3.05, 3.63) is 59.2 Å². The Morgan fingerprint density at radius 2 is 1.84 bits per heavy atom. The van der Waals surface area contributed by atoms with Crippen LogP contribution in [0.15, 0.2) is 47.4 Å². The summed E-state index contributed by atoms with van der Waals surface area (Å²) in [4.78, 5) is 13.5. The second-order valence-electron chi connectivity index (χ2n) is 6.59. The first-order chi connectivity index (χ1) is 11.6. The zero-order valence-corrected chi connectivity index (χ0v) is 15.9. The zero-order chi connectivity index (χ0) is 18.6. The van der Waals surface area contributed by atoms with Crippen molar-refractivity contribution in [2.24, 2.45) is 0 Å². The summed E-state index contributed by atoms with van der Waals surface area (Å²) >= 11 is 0. The molecule has 0 aliphatic heterocycles. The third-order valence-electron chi connectivity index (χ3n) is 4.00. The van der Waals surface area contributed by atoms with Crippen LogP contribution < -0.4 is 10.2 Å². The van der Waals surface area contributed by atoms with Gasteiger partial charge in [0.15, 0.2) is 16.4 Å². The lowest BCUT2D eigenvalue weighted by Crippen LogP contribution is -3.08. The monoisotopic (exact) mass is 361 g/mol. The maximum absolute atomic E-state index is 12.2. The molecule has 2 rings (SSSR count). The molecule has 0 spiro atoms. The second-order valence-corrected chi connectivity index (χ2v) is 8.60. The second kappa shape index (κ2) is 7.80. The number of hydrogen-bond acceptors (Lipinski definition) is 3. The number of carbonyl (C=O) groups excluding carboxylic acids is 1. The van der Waals surface area contributed by atoms with E-state index in [9.17, 15) is 13.2 Å². The number of amides is 1. The van der Waals surface area contributed by atoms with Crippen LogP contribution >= 0.6 is 0 Å². The average Bonchev–Trinajstić information content (AvgIpc) is 2.49. The van der Waals surface area contributed by atoms with Gasteiger partial charge in [-0.1, -0.05) is 29.8 Å². The molecule has 2 N–H and O–H groups in total. The van der Waals surface area contributed by atoms with Crippen LogP contribution in [0, 0.1) is 13.8 Å². The molecule has 0 fully saturated rings. The lowest BCUT2D eigenvalue weighted by atomic mass is 10.1. The lowest BCUT2D eigenvalue weighted by Gasteiger charge is -2.15. The van der Waals surface area contributed by atoms with E-state index in [-0.39, 0.29) is 10.8 Å². The minimum atomic E-state index is -3.29. The lowest BCUT2D eigenvalue weighted by molar-refractivity contribution is -0.885. The number of hydrogen-bond donors (Lipinski definition) is 2. The Hall–Kier alpha value is -2.18. The summed E-state index contributed by atoms with van der Waals surface area (Å²) in [6.07, 6.45) is 1.15. The van der Waals surface area contributed by atoms with Crippen LogP contribution in [0.3, 0.4) is 0 Å². The van der Waals surface area contributed by atoms with Gasteiger partial charge in [-0.3, -0.25) is 4.79 Å². The molecule has 5 nitrogen and oxygen atoms in total. The summed E-state index contributed by atoms with van der Waals surface area (Å²) in [5.41, 5.74) is 4.16. The van der Waals surface area contributed by atoms with Gasteiger partial charge in [-0.15, -0.1) is 0 Å². The minimum Gasteiger partial charge on any atom is -0.326 e. The number of sulfone groups is 1. The summed E-state index contributed by atoms with van der Waals surface area (Å²) < 4.78 is 23.2. The first kappa shape index (κ1) is 19.1. The van der Waals surface area contributed by atoms with Gasteiger partial charge in [-0.05, 0) is 37.6 Å². The fraction of sp³-hybridized carbons (Fsp3) is 0.316. The van der Waals surface area contributed by atoms with Gasteiger partial charge < -0.3 is 10.2 Å². The molecule has 2 aromatic rings. The molecule has 0 aliphatic carbocycles. The fourth-order valence-corrected chi connectivity index (χ4v) is 3.38. The molecule has 0 heterocycles. The Morgan fingerprint density at radius 1 is 1.12 bits per heavy atom. The first-order valence-corrected chi connectivity index (χ1v) is 10.0. The van der Waals surface area contributed by atoms with Crippen LogP contribution in [-0.2, 0) is 21.2 Å². The standard InChI is InChI=1S/C19H24N2O3S/c1-14-8-9-16(15(2)10-14)12-21(3)13-19(22)20-17-6-5-7-18(11-17)25(4,23)24/h5-11H,12-13H2,1-4H3,(H,20,22)/p+1. The van der Waals surface area contributed by atoms with Crippen LogP contribution in [0.25, 0.3) is 0 Å². The highest BCUT2D eigenvalue weighted by Crippen LogP contribution is 2.15. The predicted molar refractivity (Wildman–Crippen MR) is 99.6 cm³/mol. The number of nitrogens with one attached hydrogen (secondary N) is 2. The predicted octanol–water partition coefficient (Wildman–Crippen LogP) is 1.36. The van der Waals surface area contributed by atoms with E-state index in [1.54, 1.807) is 12.1 Å². The Kier molecular flexibility index (Phi) is 5.98. The van der Waals surface area contributed by atoms with Gasteiger partial charge in [0.1, 0.15) is 6.54 Å². The van der Waals surface area contributed by atoms with Crippen LogP contribution in [0.1, 0.15) is 16.7 Å². The van der Waals surface area contributed by atoms with E-state index >= 15 is 0 Å². The molecule has 0 aromatic heterocycles. The molecular formula is C19H25N2O3S+. The third kappa shape index (κ3) is 5.69. The number of benzene rings is 2. The average molecular weight is 361 g/mol. The first-order valence-electron chi connectivity index (χ1n) is 8.12. The van der Waals surface area contributed by atoms with E-state index in [2.05, 4.69) is 37.4 Å². The SMILES string of the molecule is Cc1ccc(C[NH+](C)CC(=O)Nc2cccc(S(C)(=O)=O)c2)c(C)c1. The third-order valence-corrected chi connectivity index (χ3v) is 5.11. The molecule has 6 heteroatoms. The number of likely N-dealkylation sites (N-methyl/N-ethyl adjacent to an activating group) is 1. The van der Waals surface area contributed by atoms with Crippen LogP contribution in [0.4, 0.5) is 5.69 Å². The van der Waals surface area contributed by atoms with Crippen LogP contribution in [0.5, 0.6) is 0 Å². The van der Waals surface area contributed by atoms with Crippen LogP contribution in [-0.4, -0.2) is 34.2 Å². The Morgan fingerprint density at radius 3 is 2.48 bits per heavy atom. The van der Waals surface area contributed by atoms with Gasteiger partial charge >= 0.3 is 0 Å². The molecule has 25 heavy (non-hydrogen) atoms. The molecule has 134 valence electrons. The van der Waals surface area contributed by atoms with E-state index < -0.39 is 9.84 Å². The number of rotatable bonds is 6. The highest BCUT2D eigenvalue weighted by molar-refractivity contribution is 7.90. The molecule has 0 saturated heterocycles. The van der Waals surface area contributed by atoms with Gasteiger partial charge in [0.2, 0.25) is 0 Å². The normalized spacial score (nSPS) is 12.6. The van der Waals surface area contributed by atoms with E-state index in [1.165, 1.54) is 28.8 Å². The smallest absolute Gasteiger partial charge is 0.279 e. The fourth-order valence-electron chi connectivity index (χ4n) is 2.72. The van der Waals surface area contributed by atoms with E-state index in [4.69, 9.17) is 0 Å². The van der Waals surface area contributed by atoms with E-state index in [1.807, 2.05) is 7.05 Å². The molecule has 0 radical (unpaired) electrons. The molecule has 0 bridgehead atoms. The maximum atomic E-state index is 12.2. The summed E-state index contributed by atoms with van der Waals surface area (Å²) in [5, 5.41) is 2.77. The molecule has 1 unspecified atom stereocenters. The topological polar surface area (TPSA) is 67.7 Å². The van der Waals surface area contributed by atoms with Crippen molar-refractivity contribution >= 4 is 21.4 Å². The molecule has 0 saturated carbocycles. The largest absolute Gasteiger partial charge is 0.326 e. The Bertz CT molecular complexity index is 876. The van der Waals surface area contributed by atoms with Crippen molar-refractivity contribution in [1.29, 1.82) is 0 Å². The van der Waals surface area contributed by atoms with E-state index in [0.29, 0.717) is 12.2 Å². The van der Waals surface area contributed by atoms with Gasteiger partial charge in [0.25, 0.3) is 5.91 Å². The van der Waals surface area contributed by atoms with Crippen molar-refractivity contribution in [1.82, 2.24) is 0 Å². The van der Waals surface area contributed by atoms with Crippen molar-refractivity contribution in [3.8, 4) is 0 Å². The number of quaternary nitrogens is 1. The number of carbonyl (C=O) groups is 1. The van der Waals surface area contributed by atoms with Gasteiger partial charge in [0, 0.05) is 17.5 Å². The van der Waals surface area contributed by atoms with Crippen molar-refractivity contribution in [3.63, 3.8) is 0 Å². The van der Waals surface area contributed by atoms with Crippen molar-refractivity contribution in [2.75, 3.05) is 25.2 Å². The van der Waals surface area contributed by atoms with Crippen molar-refractivity contribution in [2.45, 2.75) is 25.3 Å². The maximum Gasteiger partial charge on any atom is 0.279 e. The molecule has 1 amide bonds. The molecular weight excluding hydrogens is 336 g/mol. The van der Waals surface area contributed by atoms with E-state index in [0.717, 1.165) is 17.7 Å². The van der Waals surface area contributed by atoms with Gasteiger partial charge in [-0.2, -0.15) is 0 Å². The number of anilines is 1. The minimum absolute atomic E-state index is 0.145. The number of aryl methyl sites for hydroxylation is 2. The highest BCUT2D eigenvalue weighted by Gasteiger charge is 2.13. The molecule has 0 aliphatic rings. The van der Waals surface area contributed by atoms with Gasteiger partial charge in [0.05, 0.1) is 11.9 Å². The Labute approximate surface area is 149 Å². The highest BCUT2D eigenvalue weighted by atomic mass is 32.2. The summed E-state index contributed by atoms with van der Waals surface area (Å²) in [6.45, 7) is 5.19. The Balaban J connectivity index is 1.98. The molecule has 2 aromatic carbocycles. The van der Waals surface area contributed by atoms with Gasteiger partial charge in [-0.25, -0.2) is 8.42 Å². The van der Waals surface area contributed by atoms with Crippen LogP contribution in [0.2, 0.25) is 0 Å². The summed E-state index contributed by atoms with van der Waals surface area (Å²) in [6, 6.07) is 12.6. The quantitative estimate of drug-likeness (QED) is 0.816. The molecule has 1 atom stereocenters.